The van der Waals surface area contributed by atoms with Crippen molar-refractivity contribution in [3.8, 4) is 0 Å². The molecule has 126 valence electrons. The summed E-state index contributed by atoms with van der Waals surface area (Å²) in [5.41, 5.74) is 1.26. The van der Waals surface area contributed by atoms with Crippen LogP contribution in [0.4, 0.5) is 10.8 Å². The van der Waals surface area contributed by atoms with Crippen LogP contribution in [-0.4, -0.2) is 17.1 Å². The predicted octanol–water partition coefficient (Wildman–Crippen LogP) is 4.43. The molecule has 6 heteroatoms. The summed E-state index contributed by atoms with van der Waals surface area (Å²) >= 11 is 5.95. The van der Waals surface area contributed by atoms with Crippen molar-refractivity contribution in [2.75, 3.05) is 5.32 Å². The third-order valence-corrected chi connectivity index (χ3v) is 6.33. The van der Waals surface area contributed by atoms with Crippen molar-refractivity contribution in [3.63, 3.8) is 0 Å². The van der Waals surface area contributed by atoms with Crippen molar-refractivity contribution in [1.29, 1.82) is 0 Å². The lowest BCUT2D eigenvalue weighted by molar-refractivity contribution is -0.00885. The summed E-state index contributed by atoms with van der Waals surface area (Å²) in [7, 11) is 0. The number of oxazole rings is 1. The van der Waals surface area contributed by atoms with E-state index in [1.807, 2.05) is 0 Å². The molecule has 4 aliphatic rings. The molecule has 4 fully saturated rings. The van der Waals surface area contributed by atoms with Gasteiger partial charge in [0, 0.05) is 11.1 Å². The highest BCUT2D eigenvalue weighted by molar-refractivity contribution is 6.31. The van der Waals surface area contributed by atoms with Crippen LogP contribution in [0, 0.1) is 23.7 Å². The van der Waals surface area contributed by atoms with Crippen molar-refractivity contribution in [2.24, 2.45) is 23.7 Å². The lowest BCUT2D eigenvalue weighted by atomic mass is 9.54. The SMILES string of the molecule is O=C(Nc1nc2cc(Cl)ccc2o1)NC1C2CC3CC(C2)CC1C3. The Labute approximate surface area is 145 Å². The summed E-state index contributed by atoms with van der Waals surface area (Å²) in [5, 5.41) is 6.53. The van der Waals surface area contributed by atoms with E-state index >= 15 is 0 Å². The quantitative estimate of drug-likeness (QED) is 0.846. The first-order chi connectivity index (χ1) is 11.6. The Hall–Kier alpha value is -1.75. The van der Waals surface area contributed by atoms with Gasteiger partial charge in [0.15, 0.2) is 5.58 Å². The fourth-order valence-corrected chi connectivity index (χ4v) is 5.57. The molecule has 0 saturated heterocycles. The Kier molecular flexibility index (Phi) is 3.27. The molecule has 2 aromatic rings. The average Bonchev–Trinajstić information content (AvgIpc) is 2.91. The van der Waals surface area contributed by atoms with Gasteiger partial charge in [0.25, 0.3) is 0 Å². The van der Waals surface area contributed by atoms with Gasteiger partial charge in [0.2, 0.25) is 0 Å². The van der Waals surface area contributed by atoms with Gasteiger partial charge in [-0.2, -0.15) is 4.98 Å². The normalized spacial score (nSPS) is 33.8. The van der Waals surface area contributed by atoms with Gasteiger partial charge < -0.3 is 9.73 Å². The van der Waals surface area contributed by atoms with E-state index in [-0.39, 0.29) is 12.0 Å². The number of anilines is 1. The number of rotatable bonds is 2. The van der Waals surface area contributed by atoms with Crippen molar-refractivity contribution >= 4 is 34.7 Å². The maximum atomic E-state index is 12.4. The number of carbonyl (C=O) groups is 1. The molecule has 1 aromatic heterocycles. The Morgan fingerprint density at radius 1 is 1.12 bits per heavy atom. The summed E-state index contributed by atoms with van der Waals surface area (Å²) in [5.74, 6) is 3.09. The predicted molar refractivity (Wildman–Crippen MR) is 92.0 cm³/mol. The highest BCUT2D eigenvalue weighted by Crippen LogP contribution is 2.53. The van der Waals surface area contributed by atoms with E-state index in [2.05, 4.69) is 15.6 Å². The lowest BCUT2D eigenvalue weighted by Gasteiger charge is -2.54. The number of fused-ring (bicyclic) bond motifs is 1. The van der Waals surface area contributed by atoms with Crippen LogP contribution in [0.3, 0.4) is 0 Å². The molecule has 2 amide bonds. The average molecular weight is 346 g/mol. The van der Waals surface area contributed by atoms with Crippen LogP contribution in [-0.2, 0) is 0 Å². The fourth-order valence-electron chi connectivity index (χ4n) is 5.40. The van der Waals surface area contributed by atoms with Gasteiger partial charge in [-0.05, 0) is 74.0 Å². The van der Waals surface area contributed by atoms with E-state index in [0.717, 1.165) is 11.8 Å². The van der Waals surface area contributed by atoms with Gasteiger partial charge >= 0.3 is 12.0 Å². The van der Waals surface area contributed by atoms with E-state index in [4.69, 9.17) is 16.0 Å². The molecule has 0 spiro atoms. The first kappa shape index (κ1) is 14.6. The summed E-state index contributed by atoms with van der Waals surface area (Å²) in [6.45, 7) is 0. The first-order valence-corrected chi connectivity index (χ1v) is 9.15. The molecular weight excluding hydrogens is 326 g/mol. The van der Waals surface area contributed by atoms with Gasteiger partial charge in [0.05, 0.1) is 0 Å². The zero-order valence-electron chi connectivity index (χ0n) is 13.3. The molecule has 6 rings (SSSR count). The second-order valence-corrected chi connectivity index (χ2v) is 8.12. The number of benzene rings is 1. The Morgan fingerprint density at radius 3 is 2.54 bits per heavy atom. The third-order valence-electron chi connectivity index (χ3n) is 6.09. The molecule has 1 aromatic carbocycles. The van der Waals surface area contributed by atoms with Gasteiger partial charge in [-0.15, -0.1) is 0 Å². The second-order valence-electron chi connectivity index (χ2n) is 7.69. The summed E-state index contributed by atoms with van der Waals surface area (Å²) < 4.78 is 5.56. The highest BCUT2D eigenvalue weighted by atomic mass is 35.5. The van der Waals surface area contributed by atoms with Gasteiger partial charge in [-0.3, -0.25) is 5.32 Å². The lowest BCUT2D eigenvalue weighted by Crippen LogP contribution is -2.56. The topological polar surface area (TPSA) is 67.2 Å². The minimum Gasteiger partial charge on any atom is -0.423 e. The first-order valence-electron chi connectivity index (χ1n) is 8.77. The molecule has 0 radical (unpaired) electrons. The molecule has 2 N–H and O–H groups in total. The molecule has 0 aliphatic heterocycles. The monoisotopic (exact) mass is 345 g/mol. The number of hydrogen-bond donors (Lipinski definition) is 2. The van der Waals surface area contributed by atoms with Crippen molar-refractivity contribution in [3.05, 3.63) is 23.2 Å². The van der Waals surface area contributed by atoms with Crippen LogP contribution in [0.1, 0.15) is 32.1 Å². The standard InChI is InChI=1S/C18H20ClN3O2/c19-13-1-2-15-14(8-13)20-18(24-15)22-17(23)21-16-11-4-9-3-10(6-11)7-12(16)5-9/h1-2,8-12,16H,3-7H2,(H2,20,21,22,23). The molecule has 5 nitrogen and oxygen atoms in total. The van der Waals surface area contributed by atoms with E-state index in [9.17, 15) is 4.79 Å². The minimum atomic E-state index is -0.217. The smallest absolute Gasteiger partial charge is 0.323 e. The number of aromatic nitrogens is 1. The Morgan fingerprint density at radius 2 is 1.83 bits per heavy atom. The number of halogens is 1. The molecule has 0 atom stereocenters. The molecule has 4 bridgehead atoms. The number of urea groups is 1. The number of nitrogens with one attached hydrogen (secondary N) is 2. The molecule has 4 saturated carbocycles. The van der Waals surface area contributed by atoms with Crippen molar-refractivity contribution in [1.82, 2.24) is 10.3 Å². The van der Waals surface area contributed by atoms with E-state index in [1.54, 1.807) is 18.2 Å². The largest absolute Gasteiger partial charge is 0.423 e. The van der Waals surface area contributed by atoms with Gasteiger partial charge in [0.1, 0.15) is 5.52 Å². The Bertz CT molecular complexity index is 775. The number of nitrogens with zero attached hydrogens (tertiary/aromatic N) is 1. The molecule has 1 heterocycles. The zero-order valence-corrected chi connectivity index (χ0v) is 14.1. The van der Waals surface area contributed by atoms with Crippen LogP contribution in [0.2, 0.25) is 5.02 Å². The van der Waals surface area contributed by atoms with Crippen LogP contribution in [0.25, 0.3) is 11.1 Å². The molecule has 0 unspecified atom stereocenters. The minimum absolute atomic E-state index is 0.216. The number of carbonyl (C=O) groups excluding carboxylic acids is 1. The number of hydrogen-bond acceptors (Lipinski definition) is 3. The van der Waals surface area contributed by atoms with Crippen LogP contribution in [0.5, 0.6) is 0 Å². The molecule has 24 heavy (non-hydrogen) atoms. The maximum absolute atomic E-state index is 12.4. The zero-order chi connectivity index (χ0) is 16.3. The highest BCUT2D eigenvalue weighted by Gasteiger charge is 2.48. The van der Waals surface area contributed by atoms with Crippen LogP contribution in [0.15, 0.2) is 22.6 Å². The summed E-state index contributed by atoms with van der Waals surface area (Å²) in [6.07, 6.45) is 6.52. The number of amides is 2. The van der Waals surface area contributed by atoms with Gasteiger partial charge in [-0.25, -0.2) is 4.79 Å². The second kappa shape index (κ2) is 5.38. The maximum Gasteiger partial charge on any atom is 0.323 e. The van der Waals surface area contributed by atoms with Crippen molar-refractivity contribution < 1.29 is 9.21 Å². The molecule has 4 aliphatic carbocycles. The van der Waals surface area contributed by atoms with E-state index < -0.39 is 0 Å². The third kappa shape index (κ3) is 2.46. The van der Waals surface area contributed by atoms with Crippen LogP contribution >= 0.6 is 11.6 Å². The Balaban J connectivity index is 1.28. The summed E-state index contributed by atoms with van der Waals surface area (Å²) in [4.78, 5) is 16.7. The van der Waals surface area contributed by atoms with E-state index in [0.29, 0.717) is 34.0 Å². The van der Waals surface area contributed by atoms with Crippen molar-refractivity contribution in [2.45, 2.75) is 38.1 Å². The van der Waals surface area contributed by atoms with Gasteiger partial charge in [-0.1, -0.05) is 11.6 Å². The summed E-state index contributed by atoms with van der Waals surface area (Å²) in [6, 6.07) is 5.52. The van der Waals surface area contributed by atoms with Crippen LogP contribution < -0.4 is 10.6 Å². The molecular formula is C18H20ClN3O2. The fraction of sp³-hybridized carbons (Fsp3) is 0.556. The van der Waals surface area contributed by atoms with E-state index in [1.165, 1.54) is 32.1 Å².